The molecule has 0 atom stereocenters. The van der Waals surface area contributed by atoms with Crippen LogP contribution in [0.25, 0.3) is 0 Å². The van der Waals surface area contributed by atoms with Crippen LogP contribution in [-0.4, -0.2) is 15.8 Å². The molecule has 0 aromatic carbocycles. The minimum absolute atomic E-state index is 0.504. The maximum absolute atomic E-state index is 6.98. The van der Waals surface area contributed by atoms with E-state index in [2.05, 4.69) is 16.8 Å². The van der Waals surface area contributed by atoms with Crippen LogP contribution in [0.2, 0.25) is 0 Å². The molecule has 0 saturated heterocycles. The molecule has 0 aliphatic rings. The molecule has 15 heavy (non-hydrogen) atoms. The molecular weight excluding hydrogens is 190 g/mol. The Bertz CT molecular complexity index is 539. The normalized spacial score (nSPS) is 9.40. The van der Waals surface area contributed by atoms with Gasteiger partial charge in [-0.15, -0.1) is 0 Å². The summed E-state index contributed by atoms with van der Waals surface area (Å²) < 4.78 is 7.05. The maximum Gasteiger partial charge on any atom is 0.178 e. The summed E-state index contributed by atoms with van der Waals surface area (Å²) in [6.45, 7) is 0. The van der Waals surface area contributed by atoms with Crippen molar-refractivity contribution in [3.8, 4) is 11.8 Å². The summed E-state index contributed by atoms with van der Waals surface area (Å²) in [7, 11) is 1.88. The van der Waals surface area contributed by atoms with Crippen LogP contribution in [0.3, 0.4) is 0 Å². The van der Waals surface area contributed by atoms with Gasteiger partial charge in [-0.1, -0.05) is 0 Å². The van der Waals surface area contributed by atoms with Crippen LogP contribution in [0.5, 0.6) is 0 Å². The van der Waals surface area contributed by atoms with Crippen molar-refractivity contribution in [3.05, 3.63) is 41.9 Å². The van der Waals surface area contributed by atoms with Crippen LogP contribution >= 0.6 is 0 Å². The van der Waals surface area contributed by atoms with Crippen molar-refractivity contribution in [2.24, 2.45) is 7.05 Å². The Kier molecular flexibility index (Phi) is 2.38. The van der Waals surface area contributed by atoms with Crippen LogP contribution in [0.1, 0.15) is 17.2 Å². The Labute approximate surface area is 87.1 Å². The van der Waals surface area contributed by atoms with E-state index in [-0.39, 0.29) is 0 Å². The molecule has 2 aromatic rings. The highest BCUT2D eigenvalue weighted by molar-refractivity contribution is 5.73. The number of rotatable bonds is 1. The van der Waals surface area contributed by atoms with E-state index in [1.54, 1.807) is 24.7 Å². The summed E-state index contributed by atoms with van der Waals surface area (Å²) in [5.74, 6) is 6.84. The highest BCUT2D eigenvalue weighted by Crippen LogP contribution is 2.04. The zero-order valence-electron chi connectivity index (χ0n) is 8.19. The van der Waals surface area contributed by atoms with E-state index in [1.165, 1.54) is 0 Å². The minimum Gasteiger partial charge on any atom is -0.447 e. The van der Waals surface area contributed by atoms with Gasteiger partial charge in [0.1, 0.15) is 11.5 Å². The predicted octanol–water partition coefficient (Wildman–Crippen LogP) is 1.41. The van der Waals surface area contributed by atoms with Crippen molar-refractivity contribution in [1.29, 1.82) is 5.41 Å². The minimum atomic E-state index is 0.504. The second-order valence-electron chi connectivity index (χ2n) is 2.99. The first kappa shape index (κ1) is 9.28. The topological polar surface area (TPSA) is 54.8 Å². The van der Waals surface area contributed by atoms with E-state index in [1.807, 2.05) is 11.6 Å². The molecule has 0 fully saturated rings. The number of aromatic nitrogens is 2. The lowest BCUT2D eigenvalue weighted by Crippen LogP contribution is -1.87. The summed E-state index contributed by atoms with van der Waals surface area (Å²) in [5.41, 5.74) is 0.822. The summed E-state index contributed by atoms with van der Waals surface area (Å²) in [6, 6.07) is 3.45. The first-order valence-electron chi connectivity index (χ1n) is 4.38. The molecule has 0 unspecified atom stereocenters. The SMILES string of the molecule is Cn1cncc1C#Cc1ccc(C=N)o1. The Balaban J connectivity index is 2.25. The molecule has 0 bridgehead atoms. The molecule has 74 valence electrons. The lowest BCUT2D eigenvalue weighted by molar-refractivity contribution is 0.547. The molecular formula is C11H9N3O. The molecule has 0 amide bonds. The largest absolute Gasteiger partial charge is 0.447 e. The number of nitrogens with one attached hydrogen (secondary N) is 1. The standard InChI is InChI=1S/C11H9N3O/c1-14-8-13-7-9(14)2-3-10-4-5-11(6-12)15-10/h4-8,12H,1H3. The summed E-state index contributed by atoms with van der Waals surface area (Å²) in [4.78, 5) is 3.95. The van der Waals surface area contributed by atoms with Gasteiger partial charge in [-0.05, 0) is 24.0 Å². The van der Waals surface area contributed by atoms with Gasteiger partial charge in [-0.2, -0.15) is 0 Å². The van der Waals surface area contributed by atoms with E-state index in [9.17, 15) is 0 Å². The van der Waals surface area contributed by atoms with E-state index in [0.29, 0.717) is 11.5 Å². The number of hydrogen-bond donors (Lipinski definition) is 1. The molecule has 0 aliphatic carbocycles. The molecule has 0 spiro atoms. The number of imidazole rings is 1. The fourth-order valence-electron chi connectivity index (χ4n) is 1.10. The molecule has 2 heterocycles. The van der Waals surface area contributed by atoms with Gasteiger partial charge >= 0.3 is 0 Å². The van der Waals surface area contributed by atoms with Gasteiger partial charge in [0.25, 0.3) is 0 Å². The third-order valence-electron chi connectivity index (χ3n) is 1.90. The zero-order chi connectivity index (χ0) is 10.7. The summed E-state index contributed by atoms with van der Waals surface area (Å²) in [5, 5.41) is 6.98. The van der Waals surface area contributed by atoms with Gasteiger partial charge < -0.3 is 14.4 Å². The third kappa shape index (κ3) is 1.97. The van der Waals surface area contributed by atoms with E-state index >= 15 is 0 Å². The van der Waals surface area contributed by atoms with Gasteiger partial charge in [-0.25, -0.2) is 4.98 Å². The number of hydrogen-bond acceptors (Lipinski definition) is 3. The first-order chi connectivity index (χ1) is 7.29. The monoisotopic (exact) mass is 199 g/mol. The molecule has 2 rings (SSSR count). The molecule has 4 nitrogen and oxygen atoms in total. The predicted molar refractivity (Wildman–Crippen MR) is 55.8 cm³/mol. The van der Waals surface area contributed by atoms with Crippen molar-refractivity contribution in [2.75, 3.05) is 0 Å². The van der Waals surface area contributed by atoms with Crippen LogP contribution in [0.4, 0.5) is 0 Å². The van der Waals surface area contributed by atoms with Gasteiger partial charge in [0.05, 0.1) is 18.7 Å². The molecule has 0 aliphatic heterocycles. The quantitative estimate of drug-likeness (QED) is 0.557. The molecule has 2 aromatic heterocycles. The van der Waals surface area contributed by atoms with Gasteiger partial charge in [0.15, 0.2) is 5.76 Å². The fraction of sp³-hybridized carbons (Fsp3) is 0.0909. The van der Waals surface area contributed by atoms with Crippen molar-refractivity contribution in [3.63, 3.8) is 0 Å². The van der Waals surface area contributed by atoms with Crippen molar-refractivity contribution >= 4 is 6.21 Å². The lowest BCUT2D eigenvalue weighted by Gasteiger charge is -1.88. The van der Waals surface area contributed by atoms with Gasteiger partial charge in [0, 0.05) is 7.05 Å². The van der Waals surface area contributed by atoms with Crippen molar-refractivity contribution in [1.82, 2.24) is 9.55 Å². The lowest BCUT2D eigenvalue weighted by atomic mass is 10.4. The number of furan rings is 1. The maximum atomic E-state index is 6.98. The van der Waals surface area contributed by atoms with Crippen molar-refractivity contribution < 1.29 is 4.42 Å². The van der Waals surface area contributed by atoms with Crippen molar-refractivity contribution in [2.45, 2.75) is 0 Å². The van der Waals surface area contributed by atoms with Crippen LogP contribution in [-0.2, 0) is 7.05 Å². The average Bonchev–Trinajstić information content (AvgIpc) is 2.84. The van der Waals surface area contributed by atoms with Gasteiger partial charge in [-0.3, -0.25) is 0 Å². The number of aryl methyl sites for hydroxylation is 1. The van der Waals surface area contributed by atoms with E-state index < -0.39 is 0 Å². The molecule has 0 radical (unpaired) electrons. The Morgan fingerprint density at radius 1 is 1.47 bits per heavy atom. The first-order valence-corrected chi connectivity index (χ1v) is 4.38. The Hall–Kier alpha value is -2.28. The molecule has 1 N–H and O–H groups in total. The second-order valence-corrected chi connectivity index (χ2v) is 2.99. The summed E-state index contributed by atoms with van der Waals surface area (Å²) in [6.07, 6.45) is 4.53. The van der Waals surface area contributed by atoms with Gasteiger partial charge in [0.2, 0.25) is 0 Å². The summed E-state index contributed by atoms with van der Waals surface area (Å²) >= 11 is 0. The zero-order valence-corrected chi connectivity index (χ0v) is 8.19. The number of nitrogens with zero attached hydrogens (tertiary/aromatic N) is 2. The Morgan fingerprint density at radius 3 is 2.93 bits per heavy atom. The van der Waals surface area contributed by atoms with Crippen LogP contribution in [0, 0.1) is 17.3 Å². The fourth-order valence-corrected chi connectivity index (χ4v) is 1.10. The van der Waals surface area contributed by atoms with E-state index in [4.69, 9.17) is 9.83 Å². The smallest absolute Gasteiger partial charge is 0.178 e. The van der Waals surface area contributed by atoms with Crippen LogP contribution in [0.15, 0.2) is 29.1 Å². The highest BCUT2D eigenvalue weighted by Gasteiger charge is 1.96. The van der Waals surface area contributed by atoms with E-state index in [0.717, 1.165) is 11.9 Å². The third-order valence-corrected chi connectivity index (χ3v) is 1.90. The second kappa shape index (κ2) is 3.84. The molecule has 4 heteroatoms. The molecule has 0 saturated carbocycles. The van der Waals surface area contributed by atoms with Crippen LogP contribution < -0.4 is 0 Å². The Morgan fingerprint density at radius 2 is 2.33 bits per heavy atom. The highest BCUT2D eigenvalue weighted by atomic mass is 16.3. The average molecular weight is 199 g/mol.